The van der Waals surface area contributed by atoms with Gasteiger partial charge in [-0.2, -0.15) is 0 Å². The molecule has 0 aliphatic carbocycles. The minimum absolute atomic E-state index is 0.252. The molecule has 0 aliphatic rings. The van der Waals surface area contributed by atoms with Crippen molar-refractivity contribution in [2.75, 3.05) is 6.54 Å². The van der Waals surface area contributed by atoms with Crippen LogP contribution in [0.3, 0.4) is 0 Å². The summed E-state index contributed by atoms with van der Waals surface area (Å²) in [4.78, 5) is 16.3. The van der Waals surface area contributed by atoms with Gasteiger partial charge in [-0.1, -0.05) is 26.0 Å². The lowest BCUT2D eigenvalue weighted by Crippen LogP contribution is -2.25. The summed E-state index contributed by atoms with van der Waals surface area (Å²) in [7, 11) is 0. The summed E-state index contributed by atoms with van der Waals surface area (Å²) < 4.78 is 1.15. The Bertz CT molecular complexity index is 500. The minimum Gasteiger partial charge on any atom is -0.314 e. The van der Waals surface area contributed by atoms with E-state index in [4.69, 9.17) is 0 Å². The van der Waals surface area contributed by atoms with Crippen molar-refractivity contribution in [2.24, 2.45) is 0 Å². The van der Waals surface area contributed by atoms with E-state index in [1.165, 1.54) is 0 Å². The monoisotopic (exact) mass is 262 g/mol. The van der Waals surface area contributed by atoms with Crippen molar-refractivity contribution in [2.45, 2.75) is 32.7 Å². The number of fused-ring (bicyclic) bond motifs is 1. The number of nitrogens with one attached hydrogen (secondary N) is 1. The number of ketones is 1. The van der Waals surface area contributed by atoms with Crippen LogP contribution in [0.15, 0.2) is 24.3 Å². The van der Waals surface area contributed by atoms with E-state index in [2.05, 4.69) is 24.1 Å². The van der Waals surface area contributed by atoms with Gasteiger partial charge in [-0.25, -0.2) is 4.98 Å². The van der Waals surface area contributed by atoms with Gasteiger partial charge >= 0.3 is 0 Å². The Hall–Kier alpha value is -1.26. The van der Waals surface area contributed by atoms with Gasteiger partial charge in [-0.15, -0.1) is 11.3 Å². The summed E-state index contributed by atoms with van der Waals surface area (Å²) in [5, 5.41) is 4.17. The van der Waals surface area contributed by atoms with Crippen LogP contribution in [-0.4, -0.2) is 23.4 Å². The maximum Gasteiger partial charge on any atom is 0.140 e. The van der Waals surface area contributed by atoms with Gasteiger partial charge in [0.25, 0.3) is 0 Å². The van der Waals surface area contributed by atoms with E-state index in [-0.39, 0.29) is 5.78 Å². The molecule has 0 radical (unpaired) electrons. The average molecular weight is 262 g/mol. The van der Waals surface area contributed by atoms with Crippen LogP contribution in [0.1, 0.15) is 25.3 Å². The first-order valence-electron chi connectivity index (χ1n) is 6.24. The minimum atomic E-state index is 0.252. The van der Waals surface area contributed by atoms with Crippen LogP contribution in [0.25, 0.3) is 10.2 Å². The highest BCUT2D eigenvalue weighted by Gasteiger charge is 2.08. The fraction of sp³-hybridized carbons (Fsp3) is 0.429. The largest absolute Gasteiger partial charge is 0.314 e. The van der Waals surface area contributed by atoms with Crippen LogP contribution in [0, 0.1) is 0 Å². The molecule has 0 amide bonds. The zero-order chi connectivity index (χ0) is 13.0. The second-order valence-corrected chi connectivity index (χ2v) is 5.76. The van der Waals surface area contributed by atoms with Crippen LogP contribution >= 0.6 is 11.3 Å². The lowest BCUT2D eigenvalue weighted by Gasteiger charge is -2.06. The lowest BCUT2D eigenvalue weighted by molar-refractivity contribution is -0.118. The number of para-hydroxylation sites is 1. The van der Waals surface area contributed by atoms with E-state index in [0.717, 1.165) is 21.8 Å². The number of rotatable bonds is 6. The van der Waals surface area contributed by atoms with E-state index in [9.17, 15) is 4.79 Å². The van der Waals surface area contributed by atoms with Crippen molar-refractivity contribution in [1.29, 1.82) is 0 Å². The van der Waals surface area contributed by atoms with Crippen molar-refractivity contribution in [3.8, 4) is 0 Å². The molecule has 0 unspecified atom stereocenters. The maximum absolute atomic E-state index is 11.8. The molecule has 3 nitrogen and oxygen atoms in total. The number of Topliss-reactive ketones (excluding diaryl/α,β-unsaturated/α-hetero) is 1. The highest BCUT2D eigenvalue weighted by molar-refractivity contribution is 7.18. The normalized spacial score (nSPS) is 11.3. The first kappa shape index (κ1) is 13.2. The number of thiazole rings is 1. The predicted molar refractivity (Wildman–Crippen MR) is 76.1 cm³/mol. The van der Waals surface area contributed by atoms with Crippen molar-refractivity contribution in [3.63, 3.8) is 0 Å². The molecule has 18 heavy (non-hydrogen) atoms. The van der Waals surface area contributed by atoms with Gasteiger partial charge in [0.1, 0.15) is 10.8 Å². The molecule has 0 saturated carbocycles. The van der Waals surface area contributed by atoms with Gasteiger partial charge < -0.3 is 5.32 Å². The molecule has 0 atom stereocenters. The molecule has 2 rings (SSSR count). The molecule has 0 saturated heterocycles. The Morgan fingerprint density at radius 3 is 2.89 bits per heavy atom. The molecule has 0 aliphatic heterocycles. The first-order valence-corrected chi connectivity index (χ1v) is 7.06. The number of nitrogens with zero attached hydrogens (tertiary/aromatic N) is 1. The average Bonchev–Trinajstić information content (AvgIpc) is 2.70. The van der Waals surface area contributed by atoms with Crippen molar-refractivity contribution < 1.29 is 4.79 Å². The molecule has 1 heterocycles. The first-order chi connectivity index (χ1) is 8.65. The van der Waals surface area contributed by atoms with Crippen LogP contribution in [0.4, 0.5) is 0 Å². The van der Waals surface area contributed by atoms with Gasteiger partial charge in [-0.05, 0) is 12.1 Å². The number of hydrogen-bond acceptors (Lipinski definition) is 4. The van der Waals surface area contributed by atoms with Crippen LogP contribution in [0.2, 0.25) is 0 Å². The summed E-state index contributed by atoms with van der Waals surface area (Å²) in [5.41, 5.74) is 0.991. The summed E-state index contributed by atoms with van der Waals surface area (Å²) in [6.45, 7) is 4.91. The summed E-state index contributed by atoms with van der Waals surface area (Å²) in [6, 6.07) is 8.43. The van der Waals surface area contributed by atoms with Gasteiger partial charge in [0.2, 0.25) is 0 Å². The molecule has 96 valence electrons. The second kappa shape index (κ2) is 6.07. The Morgan fingerprint density at radius 1 is 1.39 bits per heavy atom. The number of hydrogen-bond donors (Lipinski definition) is 1. The summed E-state index contributed by atoms with van der Waals surface area (Å²) >= 11 is 1.61. The van der Waals surface area contributed by atoms with Crippen LogP contribution in [0.5, 0.6) is 0 Å². The predicted octanol–water partition coefficient (Wildman–Crippen LogP) is 2.80. The quantitative estimate of drug-likeness (QED) is 0.870. The fourth-order valence-electron chi connectivity index (χ4n) is 1.75. The summed E-state index contributed by atoms with van der Waals surface area (Å²) in [5.74, 6) is 0.252. The molecule has 1 N–H and O–H groups in total. The number of aromatic nitrogens is 1. The topological polar surface area (TPSA) is 42.0 Å². The summed E-state index contributed by atoms with van der Waals surface area (Å²) in [6.07, 6.45) is 1.03. The third kappa shape index (κ3) is 3.62. The Kier molecular flexibility index (Phi) is 4.44. The van der Waals surface area contributed by atoms with E-state index >= 15 is 0 Å². The Labute approximate surface area is 111 Å². The standard InChI is InChI=1S/C14H18N2OS/c1-10(2)15-8-7-11(17)9-14-16-12-5-3-4-6-13(12)18-14/h3-6,10,15H,7-9H2,1-2H3. The van der Waals surface area contributed by atoms with E-state index in [1.54, 1.807) is 11.3 Å². The fourth-order valence-corrected chi connectivity index (χ4v) is 2.75. The number of carbonyl (C=O) groups is 1. The van der Waals surface area contributed by atoms with Gasteiger partial charge in [-0.3, -0.25) is 4.79 Å². The van der Waals surface area contributed by atoms with E-state index in [0.29, 0.717) is 18.9 Å². The SMILES string of the molecule is CC(C)NCCC(=O)Cc1nc2ccccc2s1. The molecule has 4 heteroatoms. The smallest absolute Gasteiger partial charge is 0.140 e. The third-order valence-corrected chi connectivity index (χ3v) is 3.68. The molecule has 0 bridgehead atoms. The van der Waals surface area contributed by atoms with Gasteiger partial charge in [0, 0.05) is 19.0 Å². The zero-order valence-corrected chi connectivity index (χ0v) is 11.6. The third-order valence-electron chi connectivity index (χ3n) is 2.64. The lowest BCUT2D eigenvalue weighted by atomic mass is 10.2. The van der Waals surface area contributed by atoms with Gasteiger partial charge in [0.15, 0.2) is 0 Å². The van der Waals surface area contributed by atoms with E-state index < -0.39 is 0 Å². The molecular weight excluding hydrogens is 244 g/mol. The number of carbonyl (C=O) groups excluding carboxylic acids is 1. The van der Waals surface area contributed by atoms with Crippen LogP contribution in [-0.2, 0) is 11.2 Å². The molecule has 2 aromatic rings. The molecule has 0 fully saturated rings. The zero-order valence-electron chi connectivity index (χ0n) is 10.8. The van der Waals surface area contributed by atoms with Crippen molar-refractivity contribution >= 4 is 27.3 Å². The highest BCUT2D eigenvalue weighted by Crippen LogP contribution is 2.22. The van der Waals surface area contributed by atoms with Gasteiger partial charge in [0.05, 0.1) is 16.6 Å². The molecular formula is C14H18N2OS. The maximum atomic E-state index is 11.8. The highest BCUT2D eigenvalue weighted by atomic mass is 32.1. The van der Waals surface area contributed by atoms with E-state index in [1.807, 2.05) is 24.3 Å². The Morgan fingerprint density at radius 2 is 2.17 bits per heavy atom. The van der Waals surface area contributed by atoms with Crippen LogP contribution < -0.4 is 5.32 Å². The molecule has 0 spiro atoms. The number of benzene rings is 1. The van der Waals surface area contributed by atoms with Crippen molar-refractivity contribution in [1.82, 2.24) is 10.3 Å². The molecule has 1 aromatic heterocycles. The second-order valence-electron chi connectivity index (χ2n) is 4.65. The molecule has 1 aromatic carbocycles. The van der Waals surface area contributed by atoms with Crippen molar-refractivity contribution in [3.05, 3.63) is 29.3 Å². The Balaban J connectivity index is 1.90.